The minimum absolute atomic E-state index is 0.0717. The second kappa shape index (κ2) is 8.83. The molecule has 2 aromatic rings. The Labute approximate surface area is 176 Å². The van der Waals surface area contributed by atoms with Crippen molar-refractivity contribution in [2.75, 3.05) is 30.8 Å². The van der Waals surface area contributed by atoms with Crippen molar-refractivity contribution in [2.24, 2.45) is 0 Å². The largest absolute Gasteiger partial charge is 0.493 e. The van der Waals surface area contributed by atoms with Crippen molar-refractivity contribution in [1.29, 1.82) is 0 Å². The van der Waals surface area contributed by atoms with Gasteiger partial charge in [0.1, 0.15) is 5.75 Å². The molecule has 0 bridgehead atoms. The van der Waals surface area contributed by atoms with Crippen LogP contribution >= 0.6 is 0 Å². The van der Waals surface area contributed by atoms with Gasteiger partial charge in [-0.1, -0.05) is 18.2 Å². The van der Waals surface area contributed by atoms with Crippen LogP contribution in [0.25, 0.3) is 0 Å². The molecular formula is C21H26N2O6S. The normalized spacial score (nSPS) is 16.8. The molecule has 162 valence electrons. The van der Waals surface area contributed by atoms with Crippen molar-refractivity contribution in [2.45, 2.75) is 26.0 Å². The lowest BCUT2D eigenvalue weighted by Crippen LogP contribution is -2.51. The molecule has 0 unspecified atom stereocenters. The first-order valence-electron chi connectivity index (χ1n) is 9.59. The molecule has 1 aliphatic heterocycles. The predicted octanol–water partition coefficient (Wildman–Crippen LogP) is 2.50. The minimum atomic E-state index is -3.56. The van der Waals surface area contributed by atoms with E-state index in [2.05, 4.69) is 5.32 Å². The Morgan fingerprint density at radius 1 is 1.20 bits per heavy atom. The first kappa shape index (κ1) is 21.8. The van der Waals surface area contributed by atoms with Crippen molar-refractivity contribution in [3.63, 3.8) is 0 Å². The first-order valence-corrected chi connectivity index (χ1v) is 11.2. The maximum Gasteiger partial charge on any atom is 0.263 e. The zero-order chi connectivity index (χ0) is 21.9. The average molecular weight is 435 g/mol. The van der Waals surface area contributed by atoms with Crippen molar-refractivity contribution in [3.8, 4) is 17.2 Å². The van der Waals surface area contributed by atoms with Gasteiger partial charge in [-0.2, -0.15) is 0 Å². The molecule has 1 heterocycles. The first-order chi connectivity index (χ1) is 14.3. The summed E-state index contributed by atoms with van der Waals surface area (Å²) in [6.45, 7) is 3.32. The Morgan fingerprint density at radius 3 is 2.57 bits per heavy atom. The van der Waals surface area contributed by atoms with E-state index < -0.39 is 22.0 Å². The van der Waals surface area contributed by atoms with E-state index in [9.17, 15) is 13.2 Å². The van der Waals surface area contributed by atoms with Crippen LogP contribution < -0.4 is 23.8 Å². The van der Waals surface area contributed by atoms with Gasteiger partial charge in [0, 0.05) is 0 Å². The third kappa shape index (κ3) is 4.30. The number of hydrogen-bond donors (Lipinski definition) is 1. The molecule has 2 atom stereocenters. The third-order valence-electron chi connectivity index (χ3n) is 4.99. The molecule has 1 N–H and O–H groups in total. The number of carbonyl (C=O) groups is 1. The van der Waals surface area contributed by atoms with Crippen LogP contribution in [0.3, 0.4) is 0 Å². The smallest absolute Gasteiger partial charge is 0.263 e. The van der Waals surface area contributed by atoms with Gasteiger partial charge >= 0.3 is 0 Å². The van der Waals surface area contributed by atoms with Crippen LogP contribution in [0.5, 0.6) is 17.2 Å². The lowest BCUT2D eigenvalue weighted by molar-refractivity contribution is -0.128. The molecule has 1 aliphatic rings. The molecule has 3 rings (SSSR count). The van der Waals surface area contributed by atoms with Gasteiger partial charge < -0.3 is 19.5 Å². The van der Waals surface area contributed by atoms with Crippen LogP contribution in [0.2, 0.25) is 0 Å². The Balaban J connectivity index is 1.80. The van der Waals surface area contributed by atoms with E-state index in [1.165, 1.54) is 4.31 Å². The zero-order valence-corrected chi connectivity index (χ0v) is 18.2. The van der Waals surface area contributed by atoms with E-state index in [0.29, 0.717) is 22.9 Å². The lowest BCUT2D eigenvalue weighted by atomic mass is 10.1. The number of rotatable bonds is 7. The van der Waals surface area contributed by atoms with Crippen LogP contribution in [0.4, 0.5) is 5.69 Å². The Hall–Kier alpha value is -2.94. The molecule has 0 fully saturated rings. The van der Waals surface area contributed by atoms with E-state index in [1.807, 2.05) is 13.0 Å². The number of nitrogens with one attached hydrogen (secondary N) is 1. The number of hydrogen-bond acceptors (Lipinski definition) is 6. The summed E-state index contributed by atoms with van der Waals surface area (Å²) in [4.78, 5) is 12.9. The number of anilines is 1. The molecule has 0 radical (unpaired) electrons. The molecule has 0 saturated heterocycles. The molecule has 8 nitrogen and oxygen atoms in total. The monoisotopic (exact) mass is 434 g/mol. The molecule has 2 aromatic carbocycles. The van der Waals surface area contributed by atoms with Crippen LogP contribution in [0.1, 0.15) is 25.5 Å². The lowest BCUT2D eigenvalue weighted by Gasteiger charge is -2.35. The molecule has 1 amide bonds. The predicted molar refractivity (Wildman–Crippen MR) is 114 cm³/mol. The van der Waals surface area contributed by atoms with Gasteiger partial charge in [-0.25, -0.2) is 8.42 Å². The van der Waals surface area contributed by atoms with Gasteiger partial charge in [0.05, 0.1) is 38.2 Å². The number of fused-ring (bicyclic) bond motifs is 1. The number of nitrogens with zero attached hydrogens (tertiary/aromatic N) is 1. The highest BCUT2D eigenvalue weighted by atomic mass is 32.2. The highest BCUT2D eigenvalue weighted by Gasteiger charge is 2.36. The maximum absolute atomic E-state index is 12.9. The average Bonchev–Trinajstić information content (AvgIpc) is 2.77. The number of ether oxygens (including phenoxy) is 3. The van der Waals surface area contributed by atoms with Gasteiger partial charge in [0.25, 0.3) is 5.91 Å². The van der Waals surface area contributed by atoms with Crippen LogP contribution in [-0.4, -0.2) is 46.9 Å². The van der Waals surface area contributed by atoms with Gasteiger partial charge in [0.2, 0.25) is 10.0 Å². The number of carbonyl (C=O) groups excluding carboxylic acids is 1. The molecule has 0 saturated carbocycles. The van der Waals surface area contributed by atoms with Crippen molar-refractivity contribution >= 4 is 21.6 Å². The SMILES string of the molecule is CCS(=O)(=O)N1C[C@@H](C(=O)N[C@H](C)c2ccc(OC)c(OC)c2)Oc2ccccc21. The van der Waals surface area contributed by atoms with Crippen LogP contribution in [-0.2, 0) is 14.8 Å². The second-order valence-electron chi connectivity index (χ2n) is 6.85. The summed E-state index contributed by atoms with van der Waals surface area (Å²) in [5.74, 6) is 1.03. The van der Waals surface area contributed by atoms with Gasteiger partial charge in [-0.05, 0) is 43.7 Å². The second-order valence-corrected chi connectivity index (χ2v) is 9.03. The molecule has 0 aromatic heterocycles. The summed E-state index contributed by atoms with van der Waals surface area (Å²) in [5, 5.41) is 2.89. The highest BCUT2D eigenvalue weighted by Crippen LogP contribution is 2.35. The standard InChI is InChI=1S/C21H26N2O6S/c1-5-30(25,26)23-13-20(29-17-9-7-6-8-16(17)23)21(24)22-14(2)15-10-11-18(27-3)19(12-15)28-4/h6-12,14,20H,5,13H2,1-4H3,(H,22,24)/t14-,20+/m1/s1. The Morgan fingerprint density at radius 2 is 1.90 bits per heavy atom. The quantitative estimate of drug-likeness (QED) is 0.720. The molecule has 9 heteroatoms. The van der Waals surface area contributed by atoms with Crippen molar-refractivity contribution in [1.82, 2.24) is 5.32 Å². The van der Waals surface area contributed by atoms with Crippen LogP contribution in [0.15, 0.2) is 42.5 Å². The summed E-state index contributed by atoms with van der Waals surface area (Å²) >= 11 is 0. The summed E-state index contributed by atoms with van der Waals surface area (Å²) in [7, 11) is -0.460. The van der Waals surface area contributed by atoms with Crippen molar-refractivity contribution < 1.29 is 27.4 Å². The van der Waals surface area contributed by atoms with E-state index in [-0.39, 0.29) is 18.3 Å². The fourth-order valence-electron chi connectivity index (χ4n) is 3.27. The maximum atomic E-state index is 12.9. The van der Waals surface area contributed by atoms with E-state index in [0.717, 1.165) is 5.56 Å². The van der Waals surface area contributed by atoms with Crippen LogP contribution in [0, 0.1) is 0 Å². The van der Waals surface area contributed by atoms with Gasteiger partial charge in [-0.15, -0.1) is 0 Å². The molecule has 30 heavy (non-hydrogen) atoms. The van der Waals surface area contributed by atoms with E-state index >= 15 is 0 Å². The molecular weight excluding hydrogens is 408 g/mol. The topological polar surface area (TPSA) is 94.2 Å². The number of benzene rings is 2. The summed E-state index contributed by atoms with van der Waals surface area (Å²) in [6.07, 6.45) is -0.969. The number of sulfonamides is 1. The number of para-hydroxylation sites is 2. The number of amides is 1. The van der Waals surface area contributed by atoms with Gasteiger partial charge in [0.15, 0.2) is 17.6 Å². The fraction of sp³-hybridized carbons (Fsp3) is 0.381. The Kier molecular flexibility index (Phi) is 6.40. The Bertz CT molecular complexity index is 1020. The summed E-state index contributed by atoms with van der Waals surface area (Å²) < 4.78 is 42.8. The third-order valence-corrected chi connectivity index (χ3v) is 6.74. The van der Waals surface area contributed by atoms with E-state index in [4.69, 9.17) is 14.2 Å². The van der Waals surface area contributed by atoms with Gasteiger partial charge in [-0.3, -0.25) is 9.10 Å². The van der Waals surface area contributed by atoms with E-state index in [1.54, 1.807) is 57.5 Å². The molecule has 0 aliphatic carbocycles. The minimum Gasteiger partial charge on any atom is -0.493 e. The van der Waals surface area contributed by atoms with Crippen molar-refractivity contribution in [3.05, 3.63) is 48.0 Å². The highest BCUT2D eigenvalue weighted by molar-refractivity contribution is 7.92. The molecule has 0 spiro atoms. The number of methoxy groups -OCH3 is 2. The summed E-state index contributed by atoms with van der Waals surface area (Å²) in [5.41, 5.74) is 1.26. The fourth-order valence-corrected chi connectivity index (χ4v) is 4.39. The zero-order valence-electron chi connectivity index (χ0n) is 17.4. The summed E-state index contributed by atoms with van der Waals surface area (Å²) in [6, 6.07) is 11.8.